The number of benzene rings is 2. The van der Waals surface area contributed by atoms with Crippen LogP contribution in [0.3, 0.4) is 0 Å². The van der Waals surface area contributed by atoms with E-state index in [1.165, 1.54) is 0 Å². The van der Waals surface area contributed by atoms with E-state index in [-0.39, 0.29) is 12.4 Å². The van der Waals surface area contributed by atoms with Gasteiger partial charge in [-0.3, -0.25) is 0 Å². The Kier molecular flexibility index (Phi) is 5.41. The van der Waals surface area contributed by atoms with Gasteiger partial charge < -0.3 is 9.26 Å². The van der Waals surface area contributed by atoms with Crippen LogP contribution in [0.15, 0.2) is 62.3 Å². The molecule has 1 unspecified atom stereocenters. The molecule has 10 heteroatoms. The lowest BCUT2D eigenvalue weighted by Gasteiger charge is -2.06. The quantitative estimate of drug-likeness (QED) is 0.621. The molecule has 3 rings (SSSR count). The fraction of sp³-hybridized carbons (Fsp3) is 0.222. The molecule has 1 aromatic heterocycles. The van der Waals surface area contributed by atoms with Crippen LogP contribution in [0.2, 0.25) is 0 Å². The first-order chi connectivity index (χ1) is 13.2. The van der Waals surface area contributed by atoms with Gasteiger partial charge in [0.25, 0.3) is 0 Å². The van der Waals surface area contributed by atoms with Crippen LogP contribution >= 0.6 is 0 Å². The van der Waals surface area contributed by atoms with Gasteiger partial charge in [0.2, 0.25) is 5.82 Å². The van der Waals surface area contributed by atoms with Crippen molar-refractivity contribution < 1.29 is 26.6 Å². The number of aromatic nitrogens is 2. The molecule has 2 aromatic carbocycles. The van der Waals surface area contributed by atoms with Crippen molar-refractivity contribution in [3.63, 3.8) is 0 Å². The minimum atomic E-state index is -4.69. The zero-order chi connectivity index (χ0) is 20.4. The maximum Gasteiger partial charge on any atom is 0.471 e. The van der Waals surface area contributed by atoms with Crippen molar-refractivity contribution in [1.82, 2.24) is 10.1 Å². The first-order valence-electron chi connectivity index (χ1n) is 8.01. The average Bonchev–Trinajstić information content (AvgIpc) is 3.18. The lowest BCUT2D eigenvalue weighted by atomic mass is 10.1. The third-order valence-corrected chi connectivity index (χ3v) is 5.64. The second-order valence-corrected chi connectivity index (χ2v) is 8.22. The lowest BCUT2D eigenvalue weighted by molar-refractivity contribution is -0.159. The summed E-state index contributed by atoms with van der Waals surface area (Å²) in [6, 6.07) is 13.2. The van der Waals surface area contributed by atoms with Crippen LogP contribution in [0.4, 0.5) is 13.2 Å². The topological polar surface area (TPSA) is 77.6 Å². The van der Waals surface area contributed by atoms with Crippen LogP contribution in [-0.4, -0.2) is 27.7 Å². The minimum absolute atomic E-state index is 0.159. The summed E-state index contributed by atoms with van der Waals surface area (Å²) >= 11 is 0. The van der Waals surface area contributed by atoms with Crippen LogP contribution in [0, 0.1) is 0 Å². The minimum Gasteiger partial charge on any atom is -0.497 e. The number of methoxy groups -OCH3 is 1. The van der Waals surface area contributed by atoms with Gasteiger partial charge in [0, 0.05) is 16.7 Å². The Morgan fingerprint density at radius 1 is 1.11 bits per heavy atom. The van der Waals surface area contributed by atoms with Gasteiger partial charge in [-0.25, -0.2) is 8.57 Å². The van der Waals surface area contributed by atoms with Crippen molar-refractivity contribution >= 4 is 9.73 Å². The summed E-state index contributed by atoms with van der Waals surface area (Å²) in [5.74, 6) is -0.898. The number of ether oxygens (including phenoxy) is 1. The zero-order valence-electron chi connectivity index (χ0n) is 14.9. The SMILES string of the molecule is COc1ccc(S(C)(=O)=NCc2ccc(-c3noc(C(F)(F)F)n3)cc2)cc1. The maximum atomic E-state index is 12.8. The molecule has 1 atom stereocenters. The first kappa shape index (κ1) is 19.9. The average molecular weight is 411 g/mol. The molecule has 3 aromatic rings. The van der Waals surface area contributed by atoms with Gasteiger partial charge in [0.05, 0.1) is 23.4 Å². The molecule has 0 saturated carbocycles. The van der Waals surface area contributed by atoms with Gasteiger partial charge in [0.1, 0.15) is 5.75 Å². The van der Waals surface area contributed by atoms with E-state index < -0.39 is 21.8 Å². The monoisotopic (exact) mass is 411 g/mol. The molecule has 0 aliphatic carbocycles. The Hall–Kier alpha value is -2.88. The molecule has 0 spiro atoms. The first-order valence-corrected chi connectivity index (χ1v) is 9.93. The number of nitrogens with zero attached hydrogens (tertiary/aromatic N) is 3. The van der Waals surface area contributed by atoms with Crippen molar-refractivity contribution in [3.8, 4) is 17.1 Å². The normalized spacial score (nSPS) is 13.8. The van der Waals surface area contributed by atoms with Crippen LogP contribution < -0.4 is 4.74 Å². The molecular weight excluding hydrogens is 395 g/mol. The molecular formula is C18H16F3N3O3S. The Labute approximate surface area is 159 Å². The van der Waals surface area contributed by atoms with Gasteiger partial charge in [-0.05, 0) is 29.8 Å². The van der Waals surface area contributed by atoms with Crippen LogP contribution in [-0.2, 0) is 22.5 Å². The van der Waals surface area contributed by atoms with E-state index in [2.05, 4.69) is 19.0 Å². The summed E-state index contributed by atoms with van der Waals surface area (Å²) in [4.78, 5) is 3.92. The molecule has 6 nitrogen and oxygen atoms in total. The van der Waals surface area contributed by atoms with E-state index in [1.54, 1.807) is 61.9 Å². The molecule has 0 amide bonds. The highest BCUT2D eigenvalue weighted by Gasteiger charge is 2.38. The highest BCUT2D eigenvalue weighted by Crippen LogP contribution is 2.29. The molecule has 0 bridgehead atoms. The van der Waals surface area contributed by atoms with E-state index in [9.17, 15) is 17.4 Å². The Bertz CT molecular complexity index is 1070. The molecule has 0 aliphatic heterocycles. The van der Waals surface area contributed by atoms with E-state index in [1.807, 2.05) is 0 Å². The summed E-state index contributed by atoms with van der Waals surface area (Å²) in [5.41, 5.74) is 1.11. The van der Waals surface area contributed by atoms with Crippen molar-refractivity contribution in [3.05, 3.63) is 60.0 Å². The van der Waals surface area contributed by atoms with Crippen molar-refractivity contribution in [2.45, 2.75) is 17.6 Å². The largest absolute Gasteiger partial charge is 0.497 e. The summed E-state index contributed by atoms with van der Waals surface area (Å²) in [6.45, 7) is 0.182. The molecule has 0 radical (unpaired) electrons. The molecule has 0 N–H and O–H groups in total. The molecule has 28 heavy (non-hydrogen) atoms. The number of alkyl halides is 3. The standard InChI is InChI=1S/C18H16F3N3O3S/c1-26-14-7-9-15(10-8-14)28(2,25)22-11-12-3-5-13(6-4-12)16-23-17(27-24-16)18(19,20)21/h3-10H,11H2,1-2H3. The molecule has 0 fully saturated rings. The van der Waals surface area contributed by atoms with Gasteiger partial charge >= 0.3 is 12.1 Å². The summed E-state index contributed by atoms with van der Waals surface area (Å²) in [7, 11) is -1.06. The zero-order valence-corrected chi connectivity index (χ0v) is 15.8. The molecule has 1 heterocycles. The highest BCUT2D eigenvalue weighted by molar-refractivity contribution is 7.93. The molecule has 0 saturated heterocycles. The van der Waals surface area contributed by atoms with Gasteiger partial charge in [0.15, 0.2) is 0 Å². The van der Waals surface area contributed by atoms with Crippen LogP contribution in [0.1, 0.15) is 11.5 Å². The van der Waals surface area contributed by atoms with Gasteiger partial charge in [-0.2, -0.15) is 18.2 Å². The van der Waals surface area contributed by atoms with Gasteiger partial charge in [-0.1, -0.05) is 29.4 Å². The number of halogens is 3. The summed E-state index contributed by atoms with van der Waals surface area (Å²) in [6.07, 6.45) is -3.14. The second-order valence-electron chi connectivity index (χ2n) is 5.88. The van der Waals surface area contributed by atoms with E-state index in [4.69, 9.17) is 4.74 Å². The van der Waals surface area contributed by atoms with Crippen LogP contribution in [0.25, 0.3) is 11.4 Å². The van der Waals surface area contributed by atoms with Gasteiger partial charge in [-0.15, -0.1) is 0 Å². The van der Waals surface area contributed by atoms with Crippen molar-refractivity contribution in [2.24, 2.45) is 4.36 Å². The molecule has 148 valence electrons. The predicted octanol–water partition coefficient (Wildman–Crippen LogP) is 4.42. The summed E-state index contributed by atoms with van der Waals surface area (Å²) in [5, 5.41) is 3.34. The Morgan fingerprint density at radius 3 is 2.29 bits per heavy atom. The van der Waals surface area contributed by atoms with E-state index >= 15 is 0 Å². The number of hydrogen-bond donors (Lipinski definition) is 0. The lowest BCUT2D eigenvalue weighted by Crippen LogP contribution is -2.04. The van der Waals surface area contributed by atoms with E-state index in [0.717, 1.165) is 5.56 Å². The third kappa shape index (κ3) is 4.50. The fourth-order valence-corrected chi connectivity index (χ4v) is 3.50. The number of hydrogen-bond acceptors (Lipinski definition) is 6. The van der Waals surface area contributed by atoms with Crippen molar-refractivity contribution in [2.75, 3.05) is 13.4 Å². The summed E-state index contributed by atoms with van der Waals surface area (Å²) < 4.78 is 64.0. The predicted molar refractivity (Wildman–Crippen MR) is 96.2 cm³/mol. The Morgan fingerprint density at radius 2 is 1.75 bits per heavy atom. The highest BCUT2D eigenvalue weighted by atomic mass is 32.2. The molecule has 0 aliphatic rings. The van der Waals surface area contributed by atoms with Crippen LogP contribution in [0.5, 0.6) is 5.75 Å². The van der Waals surface area contributed by atoms with E-state index in [0.29, 0.717) is 16.2 Å². The number of rotatable bonds is 5. The van der Waals surface area contributed by atoms with Crippen molar-refractivity contribution in [1.29, 1.82) is 0 Å². The Balaban J connectivity index is 1.75. The second kappa shape index (κ2) is 7.63. The maximum absolute atomic E-state index is 12.8. The third-order valence-electron chi connectivity index (χ3n) is 3.87. The fourth-order valence-electron chi connectivity index (χ4n) is 2.32. The smallest absolute Gasteiger partial charge is 0.471 e.